The molecule has 0 saturated heterocycles. The van der Waals surface area contributed by atoms with Gasteiger partial charge in [0.25, 0.3) is 5.91 Å². The van der Waals surface area contributed by atoms with Gasteiger partial charge in [-0.3, -0.25) is 4.79 Å². The van der Waals surface area contributed by atoms with Gasteiger partial charge in [-0.2, -0.15) is 0 Å². The third-order valence-electron chi connectivity index (χ3n) is 1.87. The van der Waals surface area contributed by atoms with Crippen LogP contribution in [0.1, 0.15) is 21.0 Å². The molecule has 2 rings (SSSR count). The number of aromatic nitrogens is 2. The summed E-state index contributed by atoms with van der Waals surface area (Å²) < 4.78 is 0. The maximum Gasteiger partial charge on any atom is 0.354 e. The lowest BCUT2D eigenvalue weighted by Crippen LogP contribution is -2.14. The number of carboxylic acid groups (broad SMARTS) is 1. The topological polar surface area (TPSA) is 92.2 Å². The highest BCUT2D eigenvalue weighted by molar-refractivity contribution is 7.07. The summed E-state index contributed by atoms with van der Waals surface area (Å²) in [6.07, 6.45) is 0. The normalized spacial score (nSPS) is 9.88. The second kappa shape index (κ2) is 4.71. The molecule has 6 nitrogen and oxygen atoms in total. The number of anilines is 1. The van der Waals surface area contributed by atoms with Gasteiger partial charge >= 0.3 is 5.97 Å². The van der Waals surface area contributed by atoms with E-state index in [0.717, 1.165) is 0 Å². The van der Waals surface area contributed by atoms with Crippen LogP contribution in [0.15, 0.2) is 29.1 Å². The number of aromatic carboxylic acids is 1. The first-order valence-corrected chi connectivity index (χ1v) is 5.51. The molecule has 0 aromatic carbocycles. The predicted octanol–water partition coefficient (Wildman–Crippen LogP) is 1.49. The van der Waals surface area contributed by atoms with Gasteiger partial charge in [0.1, 0.15) is 11.5 Å². The number of hydrogen-bond donors (Lipinski definition) is 2. The van der Waals surface area contributed by atoms with Crippen LogP contribution in [-0.2, 0) is 0 Å². The van der Waals surface area contributed by atoms with E-state index in [0.29, 0.717) is 0 Å². The van der Waals surface area contributed by atoms with Gasteiger partial charge in [0, 0.05) is 5.38 Å². The van der Waals surface area contributed by atoms with Crippen LogP contribution in [0.5, 0.6) is 0 Å². The van der Waals surface area contributed by atoms with E-state index in [-0.39, 0.29) is 17.2 Å². The standard InChI is InChI=1S/C10H7N3O3S/c14-9(7-4-17-5-11-7)13-8-3-1-2-6(12-8)10(15)16/h1-5H,(H,15,16)(H,12,13,14). The van der Waals surface area contributed by atoms with Crippen molar-refractivity contribution in [3.8, 4) is 0 Å². The molecular formula is C10H7N3O3S. The zero-order valence-corrected chi connectivity index (χ0v) is 9.27. The molecule has 0 aliphatic rings. The molecule has 0 unspecified atom stereocenters. The first-order chi connectivity index (χ1) is 8.16. The smallest absolute Gasteiger partial charge is 0.354 e. The molecule has 0 atom stereocenters. The third kappa shape index (κ3) is 2.64. The number of nitrogens with zero attached hydrogens (tertiary/aromatic N) is 2. The van der Waals surface area contributed by atoms with E-state index in [1.165, 1.54) is 35.0 Å². The number of amides is 1. The van der Waals surface area contributed by atoms with Crippen LogP contribution in [0.4, 0.5) is 5.82 Å². The molecule has 0 aliphatic heterocycles. The Bertz CT molecular complexity index is 554. The van der Waals surface area contributed by atoms with Crippen LogP contribution in [0.2, 0.25) is 0 Å². The van der Waals surface area contributed by atoms with E-state index in [2.05, 4.69) is 15.3 Å². The molecule has 86 valence electrons. The molecule has 2 aromatic heterocycles. The molecule has 0 bridgehead atoms. The molecule has 1 amide bonds. The summed E-state index contributed by atoms with van der Waals surface area (Å²) in [7, 11) is 0. The van der Waals surface area contributed by atoms with Crippen molar-refractivity contribution >= 4 is 29.0 Å². The minimum Gasteiger partial charge on any atom is -0.477 e. The Balaban J connectivity index is 2.16. The molecule has 0 aliphatic carbocycles. The number of rotatable bonds is 3. The summed E-state index contributed by atoms with van der Waals surface area (Å²) in [5.74, 6) is -1.38. The van der Waals surface area contributed by atoms with Gasteiger partial charge < -0.3 is 10.4 Å². The van der Waals surface area contributed by atoms with Gasteiger partial charge in [-0.25, -0.2) is 14.8 Å². The Hall–Kier alpha value is -2.28. The van der Waals surface area contributed by atoms with Crippen molar-refractivity contribution in [1.82, 2.24) is 9.97 Å². The van der Waals surface area contributed by atoms with Crippen LogP contribution < -0.4 is 5.32 Å². The molecule has 2 N–H and O–H groups in total. The zero-order valence-electron chi connectivity index (χ0n) is 8.45. The number of carbonyl (C=O) groups is 2. The highest BCUT2D eigenvalue weighted by Crippen LogP contribution is 2.08. The Kier molecular flexibility index (Phi) is 3.10. The largest absolute Gasteiger partial charge is 0.477 e. The average Bonchev–Trinajstić information content (AvgIpc) is 2.82. The SMILES string of the molecule is O=C(O)c1cccc(NC(=O)c2cscn2)n1. The second-order valence-corrected chi connectivity index (χ2v) is 3.76. The van der Waals surface area contributed by atoms with Crippen LogP contribution in [0.3, 0.4) is 0 Å². The Morgan fingerprint density at radius 1 is 1.29 bits per heavy atom. The molecule has 7 heteroatoms. The van der Waals surface area contributed by atoms with Gasteiger partial charge in [0.05, 0.1) is 5.51 Å². The van der Waals surface area contributed by atoms with E-state index in [1.54, 1.807) is 5.38 Å². The van der Waals surface area contributed by atoms with Crippen molar-refractivity contribution < 1.29 is 14.7 Å². The van der Waals surface area contributed by atoms with E-state index in [1.807, 2.05) is 0 Å². The molecule has 0 spiro atoms. The van der Waals surface area contributed by atoms with E-state index < -0.39 is 11.9 Å². The van der Waals surface area contributed by atoms with Gasteiger partial charge in [0.15, 0.2) is 5.69 Å². The third-order valence-corrected chi connectivity index (χ3v) is 2.46. The van der Waals surface area contributed by atoms with Crippen molar-refractivity contribution in [1.29, 1.82) is 0 Å². The van der Waals surface area contributed by atoms with Crippen LogP contribution >= 0.6 is 11.3 Å². The van der Waals surface area contributed by atoms with Gasteiger partial charge in [-0.05, 0) is 12.1 Å². The van der Waals surface area contributed by atoms with Crippen LogP contribution in [0, 0.1) is 0 Å². The van der Waals surface area contributed by atoms with E-state index in [4.69, 9.17) is 5.11 Å². The summed E-state index contributed by atoms with van der Waals surface area (Å²) in [5, 5.41) is 12.8. The number of thiazole rings is 1. The molecule has 0 fully saturated rings. The number of carbonyl (C=O) groups excluding carboxylic acids is 1. The lowest BCUT2D eigenvalue weighted by Gasteiger charge is -2.02. The number of nitrogens with one attached hydrogen (secondary N) is 1. The van der Waals surface area contributed by atoms with E-state index in [9.17, 15) is 9.59 Å². The molecule has 2 heterocycles. The lowest BCUT2D eigenvalue weighted by atomic mass is 10.3. The van der Waals surface area contributed by atoms with Crippen molar-refractivity contribution in [2.75, 3.05) is 5.32 Å². The predicted molar refractivity (Wildman–Crippen MR) is 61.3 cm³/mol. The van der Waals surface area contributed by atoms with Crippen molar-refractivity contribution in [2.45, 2.75) is 0 Å². The summed E-state index contributed by atoms with van der Waals surface area (Å²) >= 11 is 1.30. The Morgan fingerprint density at radius 3 is 2.76 bits per heavy atom. The van der Waals surface area contributed by atoms with Crippen LogP contribution in [-0.4, -0.2) is 27.0 Å². The van der Waals surface area contributed by atoms with Crippen molar-refractivity contribution in [2.24, 2.45) is 0 Å². The quantitative estimate of drug-likeness (QED) is 0.859. The summed E-state index contributed by atoms with van der Waals surface area (Å²) in [6, 6.07) is 4.37. The van der Waals surface area contributed by atoms with Gasteiger partial charge in [-0.1, -0.05) is 6.07 Å². The first-order valence-electron chi connectivity index (χ1n) is 4.56. The Morgan fingerprint density at radius 2 is 2.12 bits per heavy atom. The van der Waals surface area contributed by atoms with Crippen LogP contribution in [0.25, 0.3) is 0 Å². The Labute approximate surface area is 100.0 Å². The fourth-order valence-electron chi connectivity index (χ4n) is 1.13. The fraction of sp³-hybridized carbons (Fsp3) is 0. The van der Waals surface area contributed by atoms with Crippen molar-refractivity contribution in [3.63, 3.8) is 0 Å². The monoisotopic (exact) mass is 249 g/mol. The molecule has 2 aromatic rings. The lowest BCUT2D eigenvalue weighted by molar-refractivity contribution is 0.0690. The fourth-order valence-corrected chi connectivity index (χ4v) is 1.66. The minimum absolute atomic E-state index is 0.124. The summed E-state index contributed by atoms with van der Waals surface area (Å²) in [5.41, 5.74) is 1.69. The second-order valence-electron chi connectivity index (χ2n) is 3.04. The maximum absolute atomic E-state index is 11.6. The molecule has 0 radical (unpaired) electrons. The maximum atomic E-state index is 11.6. The van der Waals surface area contributed by atoms with Crippen molar-refractivity contribution in [3.05, 3.63) is 40.5 Å². The first kappa shape index (κ1) is 11.2. The molecule has 0 saturated carbocycles. The number of hydrogen-bond acceptors (Lipinski definition) is 5. The highest BCUT2D eigenvalue weighted by Gasteiger charge is 2.10. The van der Waals surface area contributed by atoms with Gasteiger partial charge in [0.2, 0.25) is 0 Å². The summed E-state index contributed by atoms with van der Waals surface area (Å²) in [4.78, 5) is 29.9. The molecule has 17 heavy (non-hydrogen) atoms. The van der Waals surface area contributed by atoms with Gasteiger partial charge in [-0.15, -0.1) is 11.3 Å². The highest BCUT2D eigenvalue weighted by atomic mass is 32.1. The van der Waals surface area contributed by atoms with E-state index >= 15 is 0 Å². The molecular weight excluding hydrogens is 242 g/mol. The zero-order chi connectivity index (χ0) is 12.3. The minimum atomic E-state index is -1.14. The summed E-state index contributed by atoms with van der Waals surface area (Å²) in [6.45, 7) is 0. The average molecular weight is 249 g/mol. The number of carboxylic acids is 1. The number of pyridine rings is 1.